The maximum atomic E-state index is 5.64. The molecular weight excluding hydrogens is 196 g/mol. The summed E-state index contributed by atoms with van der Waals surface area (Å²) in [5, 5.41) is 2.32. The third-order valence-electron chi connectivity index (χ3n) is 2.82. The quantitative estimate of drug-likeness (QED) is 0.577. The van der Waals surface area contributed by atoms with Crippen LogP contribution in [0.2, 0.25) is 0 Å². The highest BCUT2D eigenvalue weighted by Crippen LogP contribution is 2.30. The van der Waals surface area contributed by atoms with Gasteiger partial charge in [-0.25, -0.2) is 0 Å². The summed E-state index contributed by atoms with van der Waals surface area (Å²) in [6.45, 7) is 2.09. The van der Waals surface area contributed by atoms with E-state index in [2.05, 4.69) is 43.3 Å². The van der Waals surface area contributed by atoms with Gasteiger partial charge in [-0.15, -0.1) is 0 Å². The Balaban J connectivity index is 2.22. The molecule has 0 aliphatic carbocycles. The van der Waals surface area contributed by atoms with E-state index in [1.54, 1.807) is 0 Å². The Morgan fingerprint density at radius 3 is 2.44 bits per heavy atom. The summed E-state index contributed by atoms with van der Waals surface area (Å²) in [6, 6.07) is 16.6. The van der Waals surface area contributed by atoms with E-state index in [-0.39, 0.29) is 0 Å². The van der Waals surface area contributed by atoms with Crippen LogP contribution in [0.3, 0.4) is 0 Å². The zero-order valence-corrected chi connectivity index (χ0v) is 9.10. The maximum absolute atomic E-state index is 5.64. The molecule has 1 aromatic heterocycles. The predicted octanol–water partition coefficient (Wildman–Crippen LogP) is 4.41. The first-order chi connectivity index (χ1) is 7.84. The Labute approximate surface area is 94.3 Å². The summed E-state index contributed by atoms with van der Waals surface area (Å²) in [5.74, 6) is 0.954. The molecule has 2 aromatic carbocycles. The lowest BCUT2D eigenvalue weighted by molar-refractivity contribution is 0.587. The molecule has 0 aliphatic heterocycles. The lowest BCUT2D eigenvalue weighted by atomic mass is 10.1. The van der Waals surface area contributed by atoms with Crippen molar-refractivity contribution in [2.45, 2.75) is 6.92 Å². The van der Waals surface area contributed by atoms with E-state index in [1.807, 2.05) is 18.4 Å². The van der Waals surface area contributed by atoms with E-state index in [0.717, 1.165) is 16.7 Å². The van der Waals surface area contributed by atoms with Crippen LogP contribution < -0.4 is 0 Å². The molecule has 3 aromatic rings. The van der Waals surface area contributed by atoms with Crippen molar-refractivity contribution in [2.24, 2.45) is 0 Å². The molecule has 0 spiro atoms. The third-order valence-corrected chi connectivity index (χ3v) is 2.82. The van der Waals surface area contributed by atoms with Crippen LogP contribution in [0.4, 0.5) is 0 Å². The Hall–Kier alpha value is -2.02. The van der Waals surface area contributed by atoms with Crippen LogP contribution in [0, 0.1) is 6.92 Å². The second-order valence-electron chi connectivity index (χ2n) is 4.02. The zero-order chi connectivity index (χ0) is 11.0. The lowest BCUT2D eigenvalue weighted by Crippen LogP contribution is -1.76. The first kappa shape index (κ1) is 9.22. The number of rotatable bonds is 1. The highest BCUT2D eigenvalue weighted by atomic mass is 16.3. The van der Waals surface area contributed by atoms with E-state index in [4.69, 9.17) is 4.42 Å². The van der Waals surface area contributed by atoms with Gasteiger partial charge in [0.15, 0.2) is 0 Å². The van der Waals surface area contributed by atoms with Crippen LogP contribution in [0.25, 0.3) is 22.1 Å². The minimum absolute atomic E-state index is 0.954. The van der Waals surface area contributed by atoms with Crippen LogP contribution in [0.15, 0.2) is 59.2 Å². The highest BCUT2D eigenvalue weighted by molar-refractivity contribution is 5.93. The fraction of sp³-hybridized carbons (Fsp3) is 0.0667. The molecule has 3 rings (SSSR count). The predicted molar refractivity (Wildman–Crippen MR) is 66.4 cm³/mol. The fourth-order valence-electron chi connectivity index (χ4n) is 1.92. The summed E-state index contributed by atoms with van der Waals surface area (Å²) in [6.07, 6.45) is 1.81. The summed E-state index contributed by atoms with van der Waals surface area (Å²) >= 11 is 0. The first-order valence-corrected chi connectivity index (χ1v) is 5.38. The summed E-state index contributed by atoms with van der Waals surface area (Å²) < 4.78 is 5.64. The molecule has 0 fully saturated rings. The van der Waals surface area contributed by atoms with Gasteiger partial charge in [-0.2, -0.15) is 0 Å². The molecule has 1 nitrogen and oxygen atoms in total. The summed E-state index contributed by atoms with van der Waals surface area (Å²) in [5.41, 5.74) is 2.39. The monoisotopic (exact) mass is 208 g/mol. The molecule has 0 N–H and O–H groups in total. The van der Waals surface area contributed by atoms with E-state index in [0.29, 0.717) is 0 Å². The first-order valence-electron chi connectivity index (χ1n) is 5.38. The Morgan fingerprint density at radius 2 is 1.62 bits per heavy atom. The van der Waals surface area contributed by atoms with Crippen LogP contribution >= 0.6 is 0 Å². The van der Waals surface area contributed by atoms with Gasteiger partial charge in [-0.05, 0) is 6.92 Å². The maximum Gasteiger partial charge on any atom is 0.141 e. The fourth-order valence-corrected chi connectivity index (χ4v) is 1.92. The number of hydrogen-bond donors (Lipinski definition) is 0. The number of fused-ring (bicyclic) bond motifs is 1. The average Bonchev–Trinajstić information content (AvgIpc) is 2.74. The van der Waals surface area contributed by atoms with Gasteiger partial charge in [0, 0.05) is 16.3 Å². The van der Waals surface area contributed by atoms with Gasteiger partial charge >= 0.3 is 0 Å². The number of aryl methyl sites for hydroxylation is 1. The number of hydrogen-bond acceptors (Lipinski definition) is 1. The molecule has 1 heterocycles. The van der Waals surface area contributed by atoms with E-state index in [9.17, 15) is 0 Å². The molecule has 0 amide bonds. The zero-order valence-electron chi connectivity index (χ0n) is 9.10. The summed E-state index contributed by atoms with van der Waals surface area (Å²) in [4.78, 5) is 0. The third kappa shape index (κ3) is 1.41. The lowest BCUT2D eigenvalue weighted by Gasteiger charge is -1.98. The highest BCUT2D eigenvalue weighted by Gasteiger charge is 2.07. The second-order valence-corrected chi connectivity index (χ2v) is 4.02. The van der Waals surface area contributed by atoms with Crippen molar-refractivity contribution < 1.29 is 4.42 Å². The number of benzene rings is 2. The molecule has 78 valence electrons. The molecule has 0 saturated carbocycles. The van der Waals surface area contributed by atoms with Crippen LogP contribution in [-0.2, 0) is 0 Å². The molecular formula is C15H12O. The SMILES string of the molecule is Cc1ccc(-c2occ3ccccc23)cc1. The van der Waals surface area contributed by atoms with E-state index >= 15 is 0 Å². The molecule has 1 heteroatoms. The number of furan rings is 1. The molecule has 0 atom stereocenters. The standard InChI is InChI=1S/C15H12O/c1-11-6-8-12(9-7-11)15-14-5-3-2-4-13(14)10-16-15/h2-10H,1H3. The van der Waals surface area contributed by atoms with Crippen molar-refractivity contribution >= 4 is 10.8 Å². The van der Waals surface area contributed by atoms with Gasteiger partial charge in [0.1, 0.15) is 5.76 Å². The minimum atomic E-state index is 0.954. The van der Waals surface area contributed by atoms with Gasteiger partial charge in [0.05, 0.1) is 6.26 Å². The molecule has 0 unspecified atom stereocenters. The molecule has 16 heavy (non-hydrogen) atoms. The van der Waals surface area contributed by atoms with E-state index < -0.39 is 0 Å². The second kappa shape index (κ2) is 3.53. The van der Waals surface area contributed by atoms with Gasteiger partial charge < -0.3 is 4.42 Å². The molecule has 0 bridgehead atoms. The topological polar surface area (TPSA) is 13.1 Å². The van der Waals surface area contributed by atoms with Crippen molar-refractivity contribution in [1.29, 1.82) is 0 Å². The smallest absolute Gasteiger partial charge is 0.141 e. The van der Waals surface area contributed by atoms with Crippen molar-refractivity contribution in [3.05, 3.63) is 60.4 Å². The average molecular weight is 208 g/mol. The largest absolute Gasteiger partial charge is 0.463 e. The minimum Gasteiger partial charge on any atom is -0.463 e. The van der Waals surface area contributed by atoms with Gasteiger partial charge in [-0.1, -0.05) is 54.1 Å². The Morgan fingerprint density at radius 1 is 0.875 bits per heavy atom. The van der Waals surface area contributed by atoms with Crippen LogP contribution in [0.1, 0.15) is 5.56 Å². The Kier molecular flexibility index (Phi) is 2.03. The molecule has 0 aliphatic rings. The van der Waals surface area contributed by atoms with Gasteiger partial charge in [0.25, 0.3) is 0 Å². The summed E-state index contributed by atoms with van der Waals surface area (Å²) in [7, 11) is 0. The van der Waals surface area contributed by atoms with Crippen molar-refractivity contribution in [2.75, 3.05) is 0 Å². The van der Waals surface area contributed by atoms with Gasteiger partial charge in [0.2, 0.25) is 0 Å². The van der Waals surface area contributed by atoms with E-state index in [1.165, 1.54) is 10.9 Å². The van der Waals surface area contributed by atoms with Crippen molar-refractivity contribution in [1.82, 2.24) is 0 Å². The van der Waals surface area contributed by atoms with Crippen molar-refractivity contribution in [3.8, 4) is 11.3 Å². The normalized spacial score (nSPS) is 10.8. The van der Waals surface area contributed by atoms with Crippen molar-refractivity contribution in [3.63, 3.8) is 0 Å². The van der Waals surface area contributed by atoms with Crippen LogP contribution in [0.5, 0.6) is 0 Å². The molecule has 0 saturated heterocycles. The Bertz CT molecular complexity index is 617. The van der Waals surface area contributed by atoms with Crippen LogP contribution in [-0.4, -0.2) is 0 Å². The van der Waals surface area contributed by atoms with Gasteiger partial charge in [-0.3, -0.25) is 0 Å². The molecule has 0 radical (unpaired) electrons.